The number of halogens is 2. The van der Waals surface area contributed by atoms with Gasteiger partial charge in [0.1, 0.15) is 11.6 Å². The zero-order chi connectivity index (χ0) is 18.8. The van der Waals surface area contributed by atoms with Crippen molar-refractivity contribution in [2.75, 3.05) is 0 Å². The van der Waals surface area contributed by atoms with Crippen molar-refractivity contribution in [3.05, 3.63) is 66.4 Å². The molecule has 2 aromatic carbocycles. The number of imidazole rings is 1. The summed E-state index contributed by atoms with van der Waals surface area (Å²) < 4.78 is 13.9. The maximum Gasteiger partial charge on any atom is 0.140 e. The van der Waals surface area contributed by atoms with Gasteiger partial charge in [-0.2, -0.15) is 0 Å². The number of aryl methyl sites for hydroxylation is 1. The lowest BCUT2D eigenvalue weighted by Crippen LogP contribution is -1.86. The first kappa shape index (κ1) is 17.6. The lowest BCUT2D eigenvalue weighted by Gasteiger charge is -2.03. The van der Waals surface area contributed by atoms with Crippen LogP contribution in [0.15, 0.2) is 54.9 Å². The summed E-state index contributed by atoms with van der Waals surface area (Å²) in [4.78, 5) is 20.8. The van der Waals surface area contributed by atoms with Crippen LogP contribution >= 0.6 is 12.4 Å². The molecule has 6 aromatic rings. The number of fused-ring (bicyclic) bond motifs is 7. The molecule has 0 amide bonds. The highest BCUT2D eigenvalue weighted by atomic mass is 35.5. The monoisotopic (exact) mass is 403 g/mol. The van der Waals surface area contributed by atoms with E-state index in [2.05, 4.69) is 19.9 Å². The number of aromatic amines is 2. The van der Waals surface area contributed by atoms with Crippen LogP contribution in [0.1, 0.15) is 5.69 Å². The van der Waals surface area contributed by atoms with Gasteiger partial charge in [-0.25, -0.2) is 9.37 Å². The average molecular weight is 404 g/mol. The highest BCUT2D eigenvalue weighted by molar-refractivity contribution is 6.21. The van der Waals surface area contributed by atoms with Crippen molar-refractivity contribution in [2.45, 2.75) is 6.92 Å². The van der Waals surface area contributed by atoms with Crippen LogP contribution in [0, 0.1) is 12.7 Å². The summed E-state index contributed by atoms with van der Waals surface area (Å²) in [5.41, 5.74) is 6.09. The molecule has 0 aliphatic rings. The Hall–Kier alpha value is -3.51. The maximum atomic E-state index is 13.9. The zero-order valence-corrected chi connectivity index (χ0v) is 16.1. The molecule has 0 spiro atoms. The quantitative estimate of drug-likeness (QED) is 0.347. The Labute approximate surface area is 170 Å². The number of hydrogen-bond donors (Lipinski definition) is 2. The number of aromatic nitrogens is 5. The van der Waals surface area contributed by atoms with Crippen molar-refractivity contribution in [3.63, 3.8) is 0 Å². The summed E-state index contributed by atoms with van der Waals surface area (Å²) in [6.07, 6.45) is 3.54. The standard InChI is InChI=1S/C22H14FN5.ClH/c1-11-17(15-10-12(23)6-7-16(15)26-11)22-27-20-13-4-2-8-24-18(13)19-14(21(20)28-22)5-3-9-25-19;/h2-10,26H,1H3,(H,27,28);1H. The van der Waals surface area contributed by atoms with Crippen molar-refractivity contribution in [1.82, 2.24) is 24.9 Å². The van der Waals surface area contributed by atoms with Crippen LogP contribution in [-0.4, -0.2) is 24.9 Å². The molecule has 6 rings (SSSR count). The van der Waals surface area contributed by atoms with Gasteiger partial charge in [-0.1, -0.05) is 0 Å². The van der Waals surface area contributed by atoms with Gasteiger partial charge >= 0.3 is 0 Å². The third-order valence-corrected chi connectivity index (χ3v) is 5.25. The SMILES string of the molecule is Cc1[nH]c2ccc(F)cc2c1-c1nc2c3cccnc3c3ncccc3c2[nH]1.Cl. The normalized spacial score (nSPS) is 11.5. The number of benzene rings is 2. The Balaban J connectivity index is 0.00000181. The minimum Gasteiger partial charge on any atom is -0.358 e. The van der Waals surface area contributed by atoms with Crippen LogP contribution < -0.4 is 0 Å². The van der Waals surface area contributed by atoms with E-state index in [0.717, 1.165) is 55.0 Å². The van der Waals surface area contributed by atoms with Crippen LogP contribution in [-0.2, 0) is 0 Å². The second-order valence-corrected chi connectivity index (χ2v) is 6.92. The predicted molar refractivity (Wildman–Crippen MR) is 116 cm³/mol. The maximum absolute atomic E-state index is 13.9. The first-order valence-corrected chi connectivity index (χ1v) is 9.00. The van der Waals surface area contributed by atoms with E-state index in [-0.39, 0.29) is 18.2 Å². The van der Waals surface area contributed by atoms with E-state index >= 15 is 0 Å². The van der Waals surface area contributed by atoms with Crippen LogP contribution in [0.25, 0.3) is 55.1 Å². The highest BCUT2D eigenvalue weighted by Gasteiger charge is 2.18. The molecule has 142 valence electrons. The molecule has 5 nitrogen and oxygen atoms in total. The van der Waals surface area contributed by atoms with E-state index in [1.54, 1.807) is 24.5 Å². The number of hydrogen-bond acceptors (Lipinski definition) is 3. The van der Waals surface area contributed by atoms with Gasteiger partial charge in [0.15, 0.2) is 0 Å². The molecule has 0 atom stereocenters. The van der Waals surface area contributed by atoms with E-state index in [1.807, 2.05) is 31.2 Å². The Morgan fingerprint density at radius 2 is 1.55 bits per heavy atom. The summed E-state index contributed by atoms with van der Waals surface area (Å²) in [6.45, 7) is 1.97. The fraction of sp³-hybridized carbons (Fsp3) is 0.0455. The summed E-state index contributed by atoms with van der Waals surface area (Å²) in [5, 5.41) is 2.71. The molecule has 0 fully saturated rings. The molecule has 0 saturated carbocycles. The number of pyridine rings is 2. The van der Waals surface area contributed by atoms with Crippen molar-refractivity contribution in [1.29, 1.82) is 0 Å². The van der Waals surface area contributed by atoms with E-state index in [9.17, 15) is 4.39 Å². The van der Waals surface area contributed by atoms with Crippen LogP contribution in [0.4, 0.5) is 4.39 Å². The van der Waals surface area contributed by atoms with Crippen LogP contribution in [0.2, 0.25) is 0 Å². The molecule has 2 N–H and O–H groups in total. The lowest BCUT2D eigenvalue weighted by molar-refractivity contribution is 0.630. The number of nitrogens with zero attached hydrogens (tertiary/aromatic N) is 3. The second-order valence-electron chi connectivity index (χ2n) is 6.92. The molecule has 0 bridgehead atoms. The smallest absolute Gasteiger partial charge is 0.140 e. The Bertz CT molecular complexity index is 1480. The summed E-state index contributed by atoms with van der Waals surface area (Å²) in [6, 6.07) is 12.6. The molecular formula is C22H15ClFN5. The number of nitrogens with one attached hydrogen (secondary N) is 2. The molecule has 0 radical (unpaired) electrons. The van der Waals surface area contributed by atoms with E-state index in [1.165, 1.54) is 6.07 Å². The minimum absolute atomic E-state index is 0. The summed E-state index contributed by atoms with van der Waals surface area (Å²) in [7, 11) is 0. The first-order chi connectivity index (χ1) is 13.7. The molecule has 0 saturated heterocycles. The van der Waals surface area contributed by atoms with Crippen LogP contribution in [0.5, 0.6) is 0 Å². The van der Waals surface area contributed by atoms with E-state index < -0.39 is 0 Å². The molecule has 7 heteroatoms. The largest absolute Gasteiger partial charge is 0.358 e. The van der Waals surface area contributed by atoms with Crippen molar-refractivity contribution >= 4 is 56.1 Å². The predicted octanol–water partition coefficient (Wildman–Crippen LogP) is 5.68. The van der Waals surface area contributed by atoms with E-state index in [0.29, 0.717) is 5.82 Å². The van der Waals surface area contributed by atoms with Gasteiger partial charge < -0.3 is 9.97 Å². The third kappa shape index (κ3) is 2.42. The second kappa shape index (κ2) is 6.25. The molecule has 0 unspecified atom stereocenters. The summed E-state index contributed by atoms with van der Waals surface area (Å²) >= 11 is 0. The number of rotatable bonds is 1. The van der Waals surface area contributed by atoms with Gasteiger partial charge in [0.05, 0.1) is 22.1 Å². The molecule has 0 aliphatic carbocycles. The molecule has 29 heavy (non-hydrogen) atoms. The van der Waals surface area contributed by atoms with Crippen LogP contribution in [0.3, 0.4) is 0 Å². The zero-order valence-electron chi connectivity index (χ0n) is 15.3. The van der Waals surface area contributed by atoms with Gasteiger partial charge in [-0.15, -0.1) is 12.4 Å². The van der Waals surface area contributed by atoms with Crippen molar-refractivity contribution in [2.24, 2.45) is 0 Å². The molecular weight excluding hydrogens is 389 g/mol. The molecule has 4 aromatic heterocycles. The van der Waals surface area contributed by atoms with Crippen molar-refractivity contribution in [3.8, 4) is 11.4 Å². The summed E-state index contributed by atoms with van der Waals surface area (Å²) in [5.74, 6) is 0.430. The van der Waals surface area contributed by atoms with Gasteiger partial charge in [0, 0.05) is 45.3 Å². The Morgan fingerprint density at radius 1 is 0.828 bits per heavy atom. The van der Waals surface area contributed by atoms with Gasteiger partial charge in [-0.3, -0.25) is 9.97 Å². The minimum atomic E-state index is -0.270. The Morgan fingerprint density at radius 3 is 2.34 bits per heavy atom. The van der Waals surface area contributed by atoms with Gasteiger partial charge in [0.25, 0.3) is 0 Å². The van der Waals surface area contributed by atoms with Gasteiger partial charge in [-0.05, 0) is 49.4 Å². The fourth-order valence-electron chi connectivity index (χ4n) is 4.07. The van der Waals surface area contributed by atoms with Crippen molar-refractivity contribution < 1.29 is 4.39 Å². The topological polar surface area (TPSA) is 70.2 Å². The first-order valence-electron chi connectivity index (χ1n) is 9.00. The third-order valence-electron chi connectivity index (χ3n) is 5.25. The molecule has 0 aliphatic heterocycles. The molecule has 4 heterocycles. The highest BCUT2D eigenvalue weighted by Crippen LogP contribution is 2.36. The Kier molecular flexibility index (Phi) is 3.79. The fourth-order valence-corrected chi connectivity index (χ4v) is 4.07. The lowest BCUT2D eigenvalue weighted by atomic mass is 10.1. The number of H-pyrrole nitrogens is 2. The van der Waals surface area contributed by atoms with E-state index in [4.69, 9.17) is 4.98 Å². The van der Waals surface area contributed by atoms with Gasteiger partial charge in [0.2, 0.25) is 0 Å². The average Bonchev–Trinajstić information content (AvgIpc) is 3.28.